The van der Waals surface area contributed by atoms with Gasteiger partial charge in [-0.05, 0) is 156 Å². The molecule has 388 valence electrons. The molecule has 0 aliphatic heterocycles. The Morgan fingerprint density at radius 2 is 1.26 bits per heavy atom. The fourth-order valence-corrected chi connectivity index (χ4v) is 8.52. The summed E-state index contributed by atoms with van der Waals surface area (Å²) in [6.45, 7) is 17.9. The van der Waals surface area contributed by atoms with Gasteiger partial charge in [0.2, 0.25) is 17.7 Å². The van der Waals surface area contributed by atoms with E-state index in [1.54, 1.807) is 69.2 Å². The van der Waals surface area contributed by atoms with E-state index in [1.807, 2.05) is 42.5 Å². The number of carbonyl (C=O) groups excluding carboxylic acids is 8. The standard InChI is InChI=1S/C53H79N5O12/c1-11-67-48(65)53(28-16-29-53)47(64)55-33-34-20-24-37(25-21-34)43(60)56-41(32-35-22-23-36-17-12-13-18-38(36)31-35)44(61)54-30-15-14-19-39(45(62)69-51(5,6)7)57-49(66)58-40(46(63)70-52(8,9)10)26-27-42(59)68-50(2,3)4/h12-13,17-18,22-23,31,34,37,39-41H,11,14-16,19-21,24-30,32-33H2,1-10H3,(H,54,61)(H,55,64)(H,56,60)(H2,57,58,66)/t34?,37?,39-,40?,41-/m0/s1. The molecule has 0 spiro atoms. The number of hydrogen-bond donors (Lipinski definition) is 5. The maximum Gasteiger partial charge on any atom is 0.329 e. The predicted octanol–water partition coefficient (Wildman–Crippen LogP) is 6.65. The highest BCUT2D eigenvalue weighted by Gasteiger charge is 2.52. The van der Waals surface area contributed by atoms with Crippen LogP contribution < -0.4 is 26.6 Å². The summed E-state index contributed by atoms with van der Waals surface area (Å²) in [6, 6.07) is 9.73. The number of urea groups is 1. The van der Waals surface area contributed by atoms with Crippen LogP contribution in [0.25, 0.3) is 10.8 Å². The number of ether oxygens (including phenoxy) is 4. The average Bonchev–Trinajstić information content (AvgIpc) is 3.24. The number of amides is 5. The predicted molar refractivity (Wildman–Crippen MR) is 264 cm³/mol. The van der Waals surface area contributed by atoms with Crippen molar-refractivity contribution in [3.05, 3.63) is 48.0 Å². The third kappa shape index (κ3) is 18.5. The van der Waals surface area contributed by atoms with Gasteiger partial charge in [-0.15, -0.1) is 0 Å². The summed E-state index contributed by atoms with van der Waals surface area (Å²) in [7, 11) is 0. The molecule has 2 aromatic carbocycles. The zero-order chi connectivity index (χ0) is 51.9. The molecule has 2 aliphatic rings. The first kappa shape index (κ1) is 56.8. The Hall–Kier alpha value is -5.74. The Morgan fingerprint density at radius 3 is 1.81 bits per heavy atom. The summed E-state index contributed by atoms with van der Waals surface area (Å²) in [5.41, 5.74) is -2.74. The minimum absolute atomic E-state index is 0.111. The zero-order valence-corrected chi connectivity index (χ0v) is 43.1. The van der Waals surface area contributed by atoms with Crippen molar-refractivity contribution < 1.29 is 57.3 Å². The van der Waals surface area contributed by atoms with Crippen molar-refractivity contribution in [1.82, 2.24) is 26.6 Å². The molecule has 2 fully saturated rings. The van der Waals surface area contributed by atoms with Crippen molar-refractivity contribution in [2.75, 3.05) is 19.7 Å². The number of nitrogens with one attached hydrogen (secondary N) is 5. The molecule has 0 aromatic heterocycles. The second-order valence-electron chi connectivity index (χ2n) is 21.7. The lowest BCUT2D eigenvalue weighted by Gasteiger charge is -2.38. The van der Waals surface area contributed by atoms with E-state index in [0.717, 1.165) is 22.8 Å². The fourth-order valence-electron chi connectivity index (χ4n) is 8.52. The molecule has 70 heavy (non-hydrogen) atoms. The number of benzene rings is 2. The molecule has 17 heteroatoms. The van der Waals surface area contributed by atoms with Crippen LogP contribution in [0.1, 0.15) is 152 Å². The zero-order valence-electron chi connectivity index (χ0n) is 43.1. The summed E-state index contributed by atoms with van der Waals surface area (Å²) in [6.07, 6.45) is 5.17. The molecule has 2 saturated carbocycles. The van der Waals surface area contributed by atoms with Crippen molar-refractivity contribution in [1.29, 1.82) is 0 Å². The first-order valence-corrected chi connectivity index (χ1v) is 25.0. The molecule has 1 unspecified atom stereocenters. The van der Waals surface area contributed by atoms with E-state index in [-0.39, 0.29) is 68.4 Å². The third-order valence-corrected chi connectivity index (χ3v) is 12.2. The number of esters is 4. The largest absolute Gasteiger partial charge is 0.465 e. The highest BCUT2D eigenvalue weighted by atomic mass is 16.6. The molecule has 0 heterocycles. The smallest absolute Gasteiger partial charge is 0.329 e. The van der Waals surface area contributed by atoms with Crippen LogP contribution in [-0.2, 0) is 58.9 Å². The Balaban J connectivity index is 1.36. The molecule has 5 N–H and O–H groups in total. The molecule has 4 rings (SSSR count). The topological polar surface area (TPSA) is 234 Å². The van der Waals surface area contributed by atoms with Gasteiger partial charge in [0.1, 0.15) is 40.3 Å². The maximum atomic E-state index is 13.9. The average molecular weight is 978 g/mol. The van der Waals surface area contributed by atoms with Gasteiger partial charge in [-0.3, -0.25) is 24.0 Å². The third-order valence-electron chi connectivity index (χ3n) is 12.2. The van der Waals surface area contributed by atoms with Crippen molar-refractivity contribution >= 4 is 58.4 Å². The van der Waals surface area contributed by atoms with Gasteiger partial charge in [-0.25, -0.2) is 14.4 Å². The number of rotatable bonds is 22. The van der Waals surface area contributed by atoms with Crippen LogP contribution in [0.3, 0.4) is 0 Å². The lowest BCUT2D eigenvalue weighted by Crippen LogP contribution is -2.53. The molecule has 5 amide bonds. The number of hydrogen-bond acceptors (Lipinski definition) is 12. The van der Waals surface area contributed by atoms with Crippen LogP contribution >= 0.6 is 0 Å². The van der Waals surface area contributed by atoms with Gasteiger partial charge in [0.05, 0.1) is 6.61 Å². The Labute approximate surface area is 413 Å². The highest BCUT2D eigenvalue weighted by molar-refractivity contribution is 6.03. The number of fused-ring (bicyclic) bond motifs is 1. The lowest BCUT2D eigenvalue weighted by molar-refractivity contribution is -0.167. The highest BCUT2D eigenvalue weighted by Crippen LogP contribution is 2.42. The minimum atomic E-state index is -1.23. The quantitative estimate of drug-likeness (QED) is 0.0361. The fraction of sp³-hybridized carbons (Fsp3) is 0.660. The summed E-state index contributed by atoms with van der Waals surface area (Å²) in [4.78, 5) is 106. The summed E-state index contributed by atoms with van der Waals surface area (Å²) >= 11 is 0. The molecular weight excluding hydrogens is 899 g/mol. The molecule has 0 saturated heterocycles. The summed E-state index contributed by atoms with van der Waals surface area (Å²) in [5, 5.41) is 16.2. The Morgan fingerprint density at radius 1 is 0.671 bits per heavy atom. The second-order valence-corrected chi connectivity index (χ2v) is 21.7. The molecule has 2 aromatic rings. The molecule has 17 nitrogen and oxygen atoms in total. The van der Waals surface area contributed by atoms with Crippen LogP contribution in [0.2, 0.25) is 0 Å². The first-order chi connectivity index (χ1) is 32.8. The normalized spacial score (nSPS) is 18.1. The van der Waals surface area contributed by atoms with Crippen LogP contribution in [0.5, 0.6) is 0 Å². The number of unbranched alkanes of at least 4 members (excludes halogenated alkanes) is 1. The molecule has 0 bridgehead atoms. The van der Waals surface area contributed by atoms with Crippen LogP contribution in [0.4, 0.5) is 4.79 Å². The summed E-state index contributed by atoms with van der Waals surface area (Å²) in [5.74, 6) is -3.53. The first-order valence-electron chi connectivity index (χ1n) is 25.0. The van der Waals surface area contributed by atoms with Gasteiger partial charge in [-0.2, -0.15) is 0 Å². The maximum absolute atomic E-state index is 13.9. The van der Waals surface area contributed by atoms with Crippen LogP contribution in [0.15, 0.2) is 42.5 Å². The SMILES string of the molecule is CCOC(=O)C1(C(=O)NCC2CCC(C(=O)N[C@@H](Cc3ccc4ccccc4c3)C(=O)NCCCC[C@H](NC(=O)NC(CCC(=O)OC(C)(C)C)C(=O)OC(C)(C)C)C(=O)OC(C)(C)C)CC2)CCC1. The molecule has 3 atom stereocenters. The van der Waals surface area contributed by atoms with E-state index < -0.39 is 70.3 Å². The molecule has 0 radical (unpaired) electrons. The van der Waals surface area contributed by atoms with Crippen molar-refractivity contribution in [3.63, 3.8) is 0 Å². The van der Waals surface area contributed by atoms with Gasteiger partial charge in [0.25, 0.3) is 0 Å². The van der Waals surface area contributed by atoms with E-state index in [1.165, 1.54) is 0 Å². The van der Waals surface area contributed by atoms with E-state index in [4.69, 9.17) is 18.9 Å². The van der Waals surface area contributed by atoms with Gasteiger partial charge in [0, 0.05) is 31.8 Å². The molecule has 2 aliphatic carbocycles. The van der Waals surface area contributed by atoms with E-state index in [0.29, 0.717) is 57.9 Å². The van der Waals surface area contributed by atoms with Crippen molar-refractivity contribution in [2.45, 2.75) is 188 Å². The van der Waals surface area contributed by atoms with E-state index >= 15 is 0 Å². The summed E-state index contributed by atoms with van der Waals surface area (Å²) < 4.78 is 21.7. The minimum Gasteiger partial charge on any atom is -0.465 e. The van der Waals surface area contributed by atoms with E-state index in [2.05, 4.69) is 26.6 Å². The van der Waals surface area contributed by atoms with E-state index in [9.17, 15) is 38.4 Å². The van der Waals surface area contributed by atoms with Crippen LogP contribution in [0, 0.1) is 17.3 Å². The Bertz CT molecular complexity index is 2140. The Kier molecular flexibility index (Phi) is 20.6. The number of carbonyl (C=O) groups is 8. The molecular formula is C53H79N5O12. The second kappa shape index (κ2) is 25.4. The monoisotopic (exact) mass is 978 g/mol. The van der Waals surface area contributed by atoms with Crippen LogP contribution in [-0.4, -0.2) is 102 Å². The van der Waals surface area contributed by atoms with Gasteiger partial charge >= 0.3 is 29.9 Å². The van der Waals surface area contributed by atoms with Crippen molar-refractivity contribution in [3.8, 4) is 0 Å². The lowest BCUT2D eigenvalue weighted by atomic mass is 9.68. The van der Waals surface area contributed by atoms with Gasteiger partial charge < -0.3 is 45.5 Å². The van der Waals surface area contributed by atoms with Gasteiger partial charge in [-0.1, -0.05) is 48.9 Å². The van der Waals surface area contributed by atoms with Gasteiger partial charge in [0.15, 0.2) is 0 Å². The van der Waals surface area contributed by atoms with Crippen molar-refractivity contribution in [2.24, 2.45) is 17.3 Å².